The molecular formula is C13H21F3N2O6. The molecule has 3 N–H and O–H groups in total. The predicted molar refractivity (Wildman–Crippen MR) is 75.0 cm³/mol. The number of nitrogens with two attached hydrogens (primary N) is 1. The lowest BCUT2D eigenvalue weighted by molar-refractivity contribution is -0.192. The summed E-state index contributed by atoms with van der Waals surface area (Å²) in [5.41, 5.74) is 5.16. The lowest BCUT2D eigenvalue weighted by Gasteiger charge is -2.41. The molecule has 0 saturated carbocycles. The summed E-state index contributed by atoms with van der Waals surface area (Å²) < 4.78 is 41.5. The van der Waals surface area contributed by atoms with Crippen LogP contribution in [-0.4, -0.2) is 66.1 Å². The van der Waals surface area contributed by atoms with Crippen molar-refractivity contribution >= 4 is 18.0 Å². The highest BCUT2D eigenvalue weighted by Crippen LogP contribution is 2.21. The summed E-state index contributed by atoms with van der Waals surface area (Å²) in [5.74, 6) is -3.25. The minimum absolute atomic E-state index is 0.0463. The van der Waals surface area contributed by atoms with Crippen molar-refractivity contribution in [3.8, 4) is 0 Å². The van der Waals surface area contributed by atoms with Gasteiger partial charge in [-0.2, -0.15) is 13.2 Å². The quantitative estimate of drug-likeness (QED) is 0.706. The Morgan fingerprint density at radius 2 is 1.62 bits per heavy atom. The molecule has 11 heteroatoms. The number of amides is 1. The van der Waals surface area contributed by atoms with Crippen LogP contribution in [0.15, 0.2) is 0 Å². The van der Waals surface area contributed by atoms with Crippen molar-refractivity contribution < 1.29 is 42.1 Å². The molecule has 140 valence electrons. The Hall–Kier alpha value is -2.04. The van der Waals surface area contributed by atoms with Gasteiger partial charge >= 0.3 is 24.2 Å². The molecule has 1 amide bonds. The molecule has 0 aliphatic carbocycles. The van der Waals surface area contributed by atoms with Crippen molar-refractivity contribution in [2.24, 2.45) is 11.7 Å². The number of carbonyl (C=O) groups excluding carboxylic acids is 2. The van der Waals surface area contributed by atoms with E-state index in [1.165, 1.54) is 12.0 Å². The van der Waals surface area contributed by atoms with Gasteiger partial charge in [-0.1, -0.05) is 0 Å². The lowest BCUT2D eigenvalue weighted by Crippen LogP contribution is -2.59. The maximum Gasteiger partial charge on any atom is 0.490 e. The molecule has 1 aliphatic heterocycles. The van der Waals surface area contributed by atoms with Gasteiger partial charge in [0.1, 0.15) is 11.6 Å². The van der Waals surface area contributed by atoms with Crippen molar-refractivity contribution in [2.45, 2.75) is 38.6 Å². The fourth-order valence-corrected chi connectivity index (χ4v) is 1.54. The van der Waals surface area contributed by atoms with Crippen molar-refractivity contribution in [1.82, 2.24) is 4.90 Å². The molecular weight excluding hydrogens is 337 g/mol. The minimum Gasteiger partial charge on any atom is -0.475 e. The van der Waals surface area contributed by atoms with Crippen LogP contribution in [0.4, 0.5) is 18.0 Å². The minimum atomic E-state index is -5.08. The number of halogens is 3. The number of rotatable bonds is 2. The molecule has 24 heavy (non-hydrogen) atoms. The maximum absolute atomic E-state index is 11.6. The SMILES string of the molecule is COC(=O)C(N)C1CN(C(=O)OC(C)(C)C)C1.O=C(O)C(F)(F)F. The number of aliphatic carboxylic acids is 1. The number of alkyl halides is 3. The van der Waals surface area contributed by atoms with Gasteiger partial charge in [-0.3, -0.25) is 4.79 Å². The first-order chi connectivity index (χ1) is 10.7. The first kappa shape index (κ1) is 22.0. The van der Waals surface area contributed by atoms with Crippen molar-refractivity contribution in [3.63, 3.8) is 0 Å². The predicted octanol–water partition coefficient (Wildman–Crippen LogP) is 0.987. The molecule has 1 rings (SSSR count). The number of carboxylic acids is 1. The Morgan fingerprint density at radius 1 is 1.21 bits per heavy atom. The van der Waals surface area contributed by atoms with Crippen molar-refractivity contribution in [2.75, 3.05) is 20.2 Å². The van der Waals surface area contributed by atoms with E-state index in [0.717, 1.165) is 0 Å². The summed E-state index contributed by atoms with van der Waals surface area (Å²) in [6, 6.07) is -0.668. The molecule has 0 bridgehead atoms. The molecule has 8 nitrogen and oxygen atoms in total. The second kappa shape index (κ2) is 8.18. The van der Waals surface area contributed by atoms with Crippen LogP contribution < -0.4 is 5.73 Å². The van der Waals surface area contributed by atoms with Crippen LogP contribution in [0.2, 0.25) is 0 Å². The van der Waals surface area contributed by atoms with Crippen LogP contribution in [0.5, 0.6) is 0 Å². The van der Waals surface area contributed by atoms with Gasteiger partial charge in [-0.25, -0.2) is 9.59 Å². The van der Waals surface area contributed by atoms with Gasteiger partial charge in [0.25, 0.3) is 0 Å². The molecule has 0 spiro atoms. The number of carbonyl (C=O) groups is 3. The first-order valence-corrected chi connectivity index (χ1v) is 6.80. The van der Waals surface area contributed by atoms with E-state index in [0.29, 0.717) is 13.1 Å². The Bertz CT molecular complexity index is 469. The number of likely N-dealkylation sites (tertiary alicyclic amines) is 1. The van der Waals surface area contributed by atoms with Gasteiger partial charge in [-0.05, 0) is 20.8 Å². The summed E-state index contributed by atoms with van der Waals surface area (Å²) in [5, 5.41) is 7.12. The number of esters is 1. The Balaban J connectivity index is 0.000000640. The average molecular weight is 358 g/mol. The molecule has 0 aromatic rings. The Kier molecular flexibility index (Phi) is 7.48. The Labute approximate surface area is 136 Å². The van der Waals surface area contributed by atoms with E-state index in [9.17, 15) is 22.8 Å². The number of hydrogen-bond acceptors (Lipinski definition) is 6. The number of carboxylic acid groups (broad SMARTS) is 1. The highest BCUT2D eigenvalue weighted by molar-refractivity contribution is 5.77. The third-order valence-electron chi connectivity index (χ3n) is 2.79. The Morgan fingerprint density at radius 3 is 1.92 bits per heavy atom. The van der Waals surface area contributed by atoms with Crippen LogP contribution in [0.3, 0.4) is 0 Å². The summed E-state index contributed by atoms with van der Waals surface area (Å²) >= 11 is 0. The van der Waals surface area contributed by atoms with Crippen LogP contribution >= 0.6 is 0 Å². The van der Waals surface area contributed by atoms with Crippen LogP contribution in [0.25, 0.3) is 0 Å². The van der Waals surface area contributed by atoms with Gasteiger partial charge in [0.05, 0.1) is 7.11 Å². The van der Waals surface area contributed by atoms with Gasteiger partial charge < -0.3 is 25.2 Å². The van der Waals surface area contributed by atoms with E-state index < -0.39 is 29.8 Å². The van der Waals surface area contributed by atoms with Gasteiger partial charge in [0, 0.05) is 19.0 Å². The third kappa shape index (κ3) is 7.49. The zero-order chi connectivity index (χ0) is 19.3. The summed E-state index contributed by atoms with van der Waals surface area (Å²) in [6.45, 7) is 6.30. The second-order valence-corrected chi connectivity index (χ2v) is 6.00. The standard InChI is InChI=1S/C11H20N2O4.C2HF3O2/c1-11(2,3)17-10(15)13-5-7(6-13)8(12)9(14)16-4;3-2(4,5)1(6)7/h7-8H,5-6,12H2,1-4H3;(H,6,7). The van der Waals surface area contributed by atoms with Gasteiger partial charge in [-0.15, -0.1) is 0 Å². The molecule has 1 atom stereocenters. The monoisotopic (exact) mass is 358 g/mol. The summed E-state index contributed by atoms with van der Waals surface area (Å²) in [6.07, 6.45) is -5.45. The van der Waals surface area contributed by atoms with Crippen LogP contribution in [0, 0.1) is 5.92 Å². The highest BCUT2D eigenvalue weighted by atomic mass is 19.4. The summed E-state index contributed by atoms with van der Waals surface area (Å²) in [4.78, 5) is 33.2. The fraction of sp³-hybridized carbons (Fsp3) is 0.769. The first-order valence-electron chi connectivity index (χ1n) is 6.80. The summed E-state index contributed by atoms with van der Waals surface area (Å²) in [7, 11) is 1.30. The number of methoxy groups -OCH3 is 1. The fourth-order valence-electron chi connectivity index (χ4n) is 1.54. The van der Waals surface area contributed by atoms with E-state index in [4.69, 9.17) is 20.4 Å². The van der Waals surface area contributed by atoms with E-state index in [1.54, 1.807) is 0 Å². The van der Waals surface area contributed by atoms with E-state index in [2.05, 4.69) is 4.74 Å². The number of hydrogen-bond donors (Lipinski definition) is 2. The van der Waals surface area contributed by atoms with E-state index >= 15 is 0 Å². The third-order valence-corrected chi connectivity index (χ3v) is 2.79. The number of nitrogens with zero attached hydrogens (tertiary/aromatic N) is 1. The second-order valence-electron chi connectivity index (χ2n) is 6.00. The van der Waals surface area contributed by atoms with Crippen LogP contribution in [0.1, 0.15) is 20.8 Å². The molecule has 1 saturated heterocycles. The van der Waals surface area contributed by atoms with Crippen molar-refractivity contribution in [1.29, 1.82) is 0 Å². The van der Waals surface area contributed by atoms with Crippen molar-refractivity contribution in [3.05, 3.63) is 0 Å². The molecule has 1 aliphatic rings. The molecule has 1 heterocycles. The molecule has 0 aromatic heterocycles. The van der Waals surface area contributed by atoms with Gasteiger partial charge in [0.2, 0.25) is 0 Å². The zero-order valence-electron chi connectivity index (χ0n) is 13.7. The molecule has 0 radical (unpaired) electrons. The highest BCUT2D eigenvalue weighted by Gasteiger charge is 2.40. The van der Waals surface area contributed by atoms with E-state index in [1.807, 2.05) is 20.8 Å². The largest absolute Gasteiger partial charge is 0.490 e. The molecule has 1 fully saturated rings. The van der Waals surface area contributed by atoms with Crippen LogP contribution in [-0.2, 0) is 19.1 Å². The normalized spacial score (nSPS) is 16.2. The van der Waals surface area contributed by atoms with Gasteiger partial charge in [0.15, 0.2) is 0 Å². The number of ether oxygens (including phenoxy) is 2. The molecule has 0 aromatic carbocycles. The smallest absolute Gasteiger partial charge is 0.475 e. The average Bonchev–Trinajstić information content (AvgIpc) is 2.33. The molecule has 1 unspecified atom stereocenters. The zero-order valence-corrected chi connectivity index (χ0v) is 13.7. The lowest BCUT2D eigenvalue weighted by atomic mass is 9.92. The van der Waals surface area contributed by atoms with E-state index in [-0.39, 0.29) is 12.0 Å². The maximum atomic E-state index is 11.6. The topological polar surface area (TPSA) is 119 Å².